The summed E-state index contributed by atoms with van der Waals surface area (Å²) >= 11 is 0. The summed E-state index contributed by atoms with van der Waals surface area (Å²) in [6, 6.07) is 3.80. The summed E-state index contributed by atoms with van der Waals surface area (Å²) < 4.78 is 38.1. The van der Waals surface area contributed by atoms with Crippen LogP contribution in [0.1, 0.15) is 25.0 Å². The number of benzene rings is 1. The molecule has 0 aliphatic carbocycles. The molecule has 1 aliphatic heterocycles. The van der Waals surface area contributed by atoms with E-state index in [4.69, 9.17) is 0 Å². The first-order valence-corrected chi connectivity index (χ1v) is 7.04. The maximum Gasteiger partial charge on any atom is 0.238 e. The molecule has 0 fully saturated rings. The van der Waals surface area contributed by atoms with Gasteiger partial charge in [0.25, 0.3) is 0 Å². The van der Waals surface area contributed by atoms with Gasteiger partial charge in [-0.1, -0.05) is 6.92 Å². The molecule has 0 saturated heterocycles. The van der Waals surface area contributed by atoms with Gasteiger partial charge in [0.05, 0.1) is 17.5 Å². The molecule has 1 unspecified atom stereocenters. The highest BCUT2D eigenvalue weighted by molar-refractivity contribution is 7.92. The monoisotopic (exact) mass is 259 g/mol. The summed E-state index contributed by atoms with van der Waals surface area (Å²) in [5, 5.41) is 9.73. The fourth-order valence-electron chi connectivity index (χ4n) is 2.01. The maximum absolute atomic E-state index is 13.1. The van der Waals surface area contributed by atoms with Crippen molar-refractivity contribution in [2.45, 2.75) is 19.4 Å². The Hall–Kier alpha value is -1.14. The summed E-state index contributed by atoms with van der Waals surface area (Å²) in [7, 11) is -3.50. The average Bonchev–Trinajstić information content (AvgIpc) is 2.24. The van der Waals surface area contributed by atoms with Crippen LogP contribution in [-0.4, -0.2) is 25.8 Å². The van der Waals surface area contributed by atoms with Crippen molar-refractivity contribution in [1.29, 1.82) is 0 Å². The number of hydrogen-bond acceptors (Lipinski definition) is 3. The Morgan fingerprint density at radius 2 is 2.24 bits per heavy atom. The van der Waals surface area contributed by atoms with Gasteiger partial charge < -0.3 is 5.11 Å². The average molecular weight is 259 g/mol. The minimum absolute atomic E-state index is 0.341. The molecule has 0 amide bonds. The van der Waals surface area contributed by atoms with Crippen LogP contribution < -0.4 is 4.31 Å². The van der Waals surface area contributed by atoms with E-state index < -0.39 is 21.9 Å². The van der Waals surface area contributed by atoms with Gasteiger partial charge in [0.15, 0.2) is 0 Å². The predicted molar refractivity (Wildman–Crippen MR) is 62.8 cm³/mol. The number of rotatable bonds is 2. The van der Waals surface area contributed by atoms with E-state index in [1.807, 2.05) is 6.92 Å². The predicted octanol–water partition coefficient (Wildman–Crippen LogP) is 1.42. The van der Waals surface area contributed by atoms with Gasteiger partial charge in [-0.25, -0.2) is 12.8 Å². The topological polar surface area (TPSA) is 57.6 Å². The van der Waals surface area contributed by atoms with Crippen molar-refractivity contribution < 1.29 is 17.9 Å². The normalized spacial score (nSPS) is 22.3. The molecule has 1 heterocycles. The molecule has 1 atom stereocenters. The number of halogens is 1. The fraction of sp³-hybridized carbons (Fsp3) is 0.455. The molecule has 1 aliphatic rings. The summed E-state index contributed by atoms with van der Waals surface area (Å²) in [5.74, 6) is -0.859. The molecule has 0 saturated carbocycles. The zero-order valence-corrected chi connectivity index (χ0v) is 10.2. The molecule has 0 bridgehead atoms. The van der Waals surface area contributed by atoms with Crippen LogP contribution in [0.3, 0.4) is 0 Å². The number of aliphatic hydroxyl groups is 1. The second-order valence-corrected chi connectivity index (χ2v) is 6.01. The lowest BCUT2D eigenvalue weighted by Gasteiger charge is -2.32. The smallest absolute Gasteiger partial charge is 0.238 e. The van der Waals surface area contributed by atoms with Crippen LogP contribution in [0.5, 0.6) is 0 Å². The van der Waals surface area contributed by atoms with Crippen molar-refractivity contribution in [2.75, 3.05) is 16.6 Å². The first-order chi connectivity index (χ1) is 7.95. The molecule has 17 heavy (non-hydrogen) atoms. The SMILES string of the molecule is CCCN1c2ccc(F)cc2C(O)CS1(=O)=O. The van der Waals surface area contributed by atoms with E-state index in [9.17, 15) is 17.9 Å². The molecular formula is C11H14FNO3S. The van der Waals surface area contributed by atoms with Crippen molar-refractivity contribution in [1.82, 2.24) is 0 Å². The Morgan fingerprint density at radius 1 is 1.53 bits per heavy atom. The van der Waals surface area contributed by atoms with Gasteiger partial charge in [-0.3, -0.25) is 4.31 Å². The van der Waals surface area contributed by atoms with Crippen LogP contribution >= 0.6 is 0 Å². The first-order valence-electron chi connectivity index (χ1n) is 5.43. The largest absolute Gasteiger partial charge is 0.387 e. The third-order valence-electron chi connectivity index (χ3n) is 2.75. The van der Waals surface area contributed by atoms with Crippen molar-refractivity contribution in [3.63, 3.8) is 0 Å². The van der Waals surface area contributed by atoms with Crippen LogP contribution in [0.15, 0.2) is 18.2 Å². The molecule has 0 radical (unpaired) electrons. The second kappa shape index (κ2) is 4.27. The molecule has 0 aromatic heterocycles. The van der Waals surface area contributed by atoms with Crippen LogP contribution in [-0.2, 0) is 10.0 Å². The van der Waals surface area contributed by atoms with E-state index in [-0.39, 0.29) is 5.75 Å². The third-order valence-corrected chi connectivity index (χ3v) is 4.54. The summed E-state index contributed by atoms with van der Waals surface area (Å²) in [6.45, 7) is 2.21. The highest BCUT2D eigenvalue weighted by Crippen LogP contribution is 2.35. The summed E-state index contributed by atoms with van der Waals surface area (Å²) in [5.41, 5.74) is 0.722. The Balaban J connectivity index is 2.57. The Bertz CT molecular complexity index is 530. The fourth-order valence-corrected chi connectivity index (χ4v) is 3.70. The van der Waals surface area contributed by atoms with E-state index in [0.717, 1.165) is 0 Å². The molecule has 0 spiro atoms. The second-order valence-electron chi connectivity index (χ2n) is 4.07. The highest BCUT2D eigenvalue weighted by Gasteiger charge is 2.34. The van der Waals surface area contributed by atoms with Gasteiger partial charge in [-0.2, -0.15) is 0 Å². The standard InChI is InChI=1S/C11H14FNO3S/c1-2-5-13-10-4-3-8(12)6-9(10)11(14)7-17(13,15)16/h3-4,6,11,14H,2,5,7H2,1H3. The van der Waals surface area contributed by atoms with Gasteiger partial charge in [-0.05, 0) is 24.6 Å². The van der Waals surface area contributed by atoms with Crippen molar-refractivity contribution in [3.05, 3.63) is 29.6 Å². The van der Waals surface area contributed by atoms with E-state index in [1.165, 1.54) is 22.5 Å². The third kappa shape index (κ3) is 2.14. The number of anilines is 1. The van der Waals surface area contributed by atoms with Crippen molar-refractivity contribution in [2.24, 2.45) is 0 Å². The molecule has 1 N–H and O–H groups in total. The minimum atomic E-state index is -3.50. The van der Waals surface area contributed by atoms with Gasteiger partial charge in [-0.15, -0.1) is 0 Å². The lowest BCUT2D eigenvalue weighted by Crippen LogP contribution is -2.40. The quantitative estimate of drug-likeness (QED) is 0.874. The number of aliphatic hydroxyl groups excluding tert-OH is 1. The molecule has 2 rings (SSSR count). The molecule has 4 nitrogen and oxygen atoms in total. The Labute approximate surface area is 99.7 Å². The highest BCUT2D eigenvalue weighted by atomic mass is 32.2. The van der Waals surface area contributed by atoms with Gasteiger partial charge >= 0.3 is 0 Å². The number of nitrogens with zero attached hydrogens (tertiary/aromatic N) is 1. The van der Waals surface area contributed by atoms with Crippen LogP contribution in [0, 0.1) is 5.82 Å². The minimum Gasteiger partial charge on any atom is -0.387 e. The molecule has 1 aromatic rings. The first kappa shape index (κ1) is 12.3. The van der Waals surface area contributed by atoms with Gasteiger partial charge in [0, 0.05) is 12.1 Å². The summed E-state index contributed by atoms with van der Waals surface area (Å²) in [6.07, 6.45) is -0.495. The van der Waals surface area contributed by atoms with Crippen molar-refractivity contribution in [3.8, 4) is 0 Å². The molecular weight excluding hydrogens is 245 g/mol. The molecule has 6 heteroatoms. The zero-order valence-electron chi connectivity index (χ0n) is 9.43. The number of fused-ring (bicyclic) bond motifs is 1. The van der Waals surface area contributed by atoms with Gasteiger partial charge in [0.2, 0.25) is 10.0 Å². The van der Waals surface area contributed by atoms with E-state index in [0.29, 0.717) is 24.2 Å². The Morgan fingerprint density at radius 3 is 2.88 bits per heavy atom. The number of sulfonamides is 1. The number of hydrogen-bond donors (Lipinski definition) is 1. The van der Waals surface area contributed by atoms with Gasteiger partial charge in [0.1, 0.15) is 5.82 Å². The molecule has 1 aromatic carbocycles. The summed E-state index contributed by atoms with van der Waals surface area (Å²) in [4.78, 5) is 0. The maximum atomic E-state index is 13.1. The lowest BCUT2D eigenvalue weighted by atomic mass is 10.1. The molecule has 94 valence electrons. The van der Waals surface area contributed by atoms with Crippen LogP contribution in [0.25, 0.3) is 0 Å². The lowest BCUT2D eigenvalue weighted by molar-refractivity contribution is 0.199. The van der Waals surface area contributed by atoms with Crippen molar-refractivity contribution >= 4 is 15.7 Å². The Kier molecular flexibility index (Phi) is 3.09. The van der Waals surface area contributed by atoms with E-state index >= 15 is 0 Å². The van der Waals surface area contributed by atoms with Crippen LogP contribution in [0.4, 0.5) is 10.1 Å². The zero-order chi connectivity index (χ0) is 12.6. The van der Waals surface area contributed by atoms with E-state index in [2.05, 4.69) is 0 Å². The van der Waals surface area contributed by atoms with Crippen LogP contribution in [0.2, 0.25) is 0 Å². The van der Waals surface area contributed by atoms with E-state index in [1.54, 1.807) is 0 Å².